The van der Waals surface area contributed by atoms with Gasteiger partial charge < -0.3 is 10.0 Å². The molecule has 0 amide bonds. The number of rotatable bonds is 3. The number of hydrogen-bond donors (Lipinski definition) is 1. The Morgan fingerprint density at radius 2 is 2.28 bits per heavy atom. The Kier molecular flexibility index (Phi) is 4.60. The highest BCUT2D eigenvalue weighted by atomic mass is 35.5. The van der Waals surface area contributed by atoms with Gasteiger partial charge >= 0.3 is 0 Å². The van der Waals surface area contributed by atoms with Crippen LogP contribution in [0.15, 0.2) is 18.5 Å². The van der Waals surface area contributed by atoms with E-state index in [4.69, 9.17) is 11.6 Å². The lowest BCUT2D eigenvalue weighted by Gasteiger charge is -2.27. The summed E-state index contributed by atoms with van der Waals surface area (Å²) in [7, 11) is 0. The quantitative estimate of drug-likeness (QED) is 0.915. The van der Waals surface area contributed by atoms with Gasteiger partial charge in [0.15, 0.2) is 0 Å². The van der Waals surface area contributed by atoms with E-state index in [9.17, 15) is 5.11 Å². The van der Waals surface area contributed by atoms with Gasteiger partial charge in [-0.15, -0.1) is 0 Å². The zero-order chi connectivity index (χ0) is 13.0. The molecule has 0 aliphatic carbocycles. The molecule has 4 heteroatoms. The molecule has 18 heavy (non-hydrogen) atoms. The first-order chi connectivity index (χ1) is 8.63. The molecule has 0 radical (unpaired) electrons. The molecule has 1 atom stereocenters. The maximum absolute atomic E-state index is 10.7. The van der Waals surface area contributed by atoms with Crippen molar-refractivity contribution in [3.63, 3.8) is 0 Å². The number of hydrogen-bond acceptors (Lipinski definition) is 3. The van der Waals surface area contributed by atoms with Gasteiger partial charge in [-0.3, -0.25) is 4.98 Å². The molecular formula is C14H21ClN2O. The Morgan fingerprint density at radius 1 is 1.44 bits per heavy atom. The fourth-order valence-corrected chi connectivity index (χ4v) is 2.82. The minimum absolute atomic E-state index is 0.616. The summed E-state index contributed by atoms with van der Waals surface area (Å²) in [5.74, 6) is 0. The van der Waals surface area contributed by atoms with Crippen LogP contribution in [0.4, 0.5) is 0 Å². The van der Waals surface area contributed by atoms with Crippen molar-refractivity contribution in [2.75, 3.05) is 19.6 Å². The summed E-state index contributed by atoms with van der Waals surface area (Å²) in [6.45, 7) is 5.29. The van der Waals surface area contributed by atoms with Crippen molar-refractivity contribution in [3.8, 4) is 0 Å². The van der Waals surface area contributed by atoms with Gasteiger partial charge in [-0.05, 0) is 44.0 Å². The van der Waals surface area contributed by atoms with E-state index in [0.717, 1.165) is 44.5 Å². The van der Waals surface area contributed by atoms with E-state index in [0.29, 0.717) is 11.4 Å². The number of aliphatic hydroxyl groups is 1. The predicted octanol–water partition coefficient (Wildman–Crippen LogP) is 2.51. The van der Waals surface area contributed by atoms with Crippen LogP contribution in [-0.2, 0) is 6.42 Å². The molecule has 0 saturated carbocycles. The third kappa shape index (κ3) is 3.44. The summed E-state index contributed by atoms with van der Waals surface area (Å²) >= 11 is 6.12. The van der Waals surface area contributed by atoms with Crippen LogP contribution in [0.25, 0.3) is 0 Å². The first kappa shape index (κ1) is 13.8. The molecule has 2 rings (SSSR count). The van der Waals surface area contributed by atoms with Crippen molar-refractivity contribution in [2.45, 2.75) is 38.2 Å². The van der Waals surface area contributed by atoms with Gasteiger partial charge in [0.1, 0.15) is 0 Å². The normalized spacial score (nSPS) is 25.9. The largest absolute Gasteiger partial charge is 0.389 e. The van der Waals surface area contributed by atoms with E-state index in [1.54, 1.807) is 12.4 Å². The van der Waals surface area contributed by atoms with Crippen LogP contribution in [-0.4, -0.2) is 40.2 Å². The van der Waals surface area contributed by atoms with Crippen molar-refractivity contribution in [1.29, 1.82) is 0 Å². The van der Waals surface area contributed by atoms with E-state index >= 15 is 0 Å². The van der Waals surface area contributed by atoms with Crippen LogP contribution in [0.5, 0.6) is 0 Å². The molecule has 1 aromatic rings. The van der Waals surface area contributed by atoms with Crippen molar-refractivity contribution < 1.29 is 5.11 Å². The van der Waals surface area contributed by atoms with E-state index in [-0.39, 0.29) is 0 Å². The van der Waals surface area contributed by atoms with E-state index in [1.807, 2.05) is 6.07 Å². The minimum Gasteiger partial charge on any atom is -0.389 e. The molecule has 1 saturated heterocycles. The number of aromatic nitrogens is 1. The minimum atomic E-state index is -0.616. The molecule has 100 valence electrons. The summed E-state index contributed by atoms with van der Waals surface area (Å²) in [5.41, 5.74) is 0.383. The molecule has 1 fully saturated rings. The third-order valence-electron chi connectivity index (χ3n) is 3.83. The molecule has 0 aromatic carbocycles. The van der Waals surface area contributed by atoms with Crippen molar-refractivity contribution in [3.05, 3.63) is 29.0 Å². The second-order valence-electron chi connectivity index (χ2n) is 5.16. The lowest BCUT2D eigenvalue weighted by Crippen LogP contribution is -2.33. The third-order valence-corrected chi connectivity index (χ3v) is 4.17. The standard InChI is InChI=1S/C14H21ClN2O/c1-2-17-8-3-5-14(18,6-9-17)10-12-4-7-16-11-13(12)15/h4,7,11,18H,2-3,5-6,8-10H2,1H3. The van der Waals surface area contributed by atoms with Gasteiger partial charge in [-0.1, -0.05) is 18.5 Å². The van der Waals surface area contributed by atoms with Crippen LogP contribution < -0.4 is 0 Å². The summed E-state index contributed by atoms with van der Waals surface area (Å²) in [5, 5.41) is 11.4. The predicted molar refractivity (Wildman–Crippen MR) is 73.9 cm³/mol. The fourth-order valence-electron chi connectivity index (χ4n) is 2.63. The maximum Gasteiger partial charge on any atom is 0.0701 e. The lowest BCUT2D eigenvalue weighted by molar-refractivity contribution is 0.0258. The second-order valence-corrected chi connectivity index (χ2v) is 5.56. The van der Waals surface area contributed by atoms with Gasteiger partial charge in [-0.25, -0.2) is 0 Å². The van der Waals surface area contributed by atoms with Gasteiger partial charge in [-0.2, -0.15) is 0 Å². The van der Waals surface area contributed by atoms with Crippen LogP contribution in [0.2, 0.25) is 5.02 Å². The van der Waals surface area contributed by atoms with Crippen molar-refractivity contribution in [1.82, 2.24) is 9.88 Å². The smallest absolute Gasteiger partial charge is 0.0701 e. The maximum atomic E-state index is 10.7. The molecule has 3 nitrogen and oxygen atoms in total. The molecule has 1 aromatic heterocycles. The van der Waals surface area contributed by atoms with Crippen LogP contribution in [0.3, 0.4) is 0 Å². The van der Waals surface area contributed by atoms with Gasteiger partial charge in [0, 0.05) is 25.4 Å². The highest BCUT2D eigenvalue weighted by Crippen LogP contribution is 2.28. The topological polar surface area (TPSA) is 36.4 Å². The van der Waals surface area contributed by atoms with E-state index < -0.39 is 5.60 Å². The second kappa shape index (κ2) is 6.00. The first-order valence-electron chi connectivity index (χ1n) is 6.66. The summed E-state index contributed by atoms with van der Waals surface area (Å²) in [4.78, 5) is 6.38. The fraction of sp³-hybridized carbons (Fsp3) is 0.643. The Balaban J connectivity index is 2.05. The van der Waals surface area contributed by atoms with Crippen LogP contribution in [0, 0.1) is 0 Å². The first-order valence-corrected chi connectivity index (χ1v) is 7.04. The SMILES string of the molecule is CCN1CCCC(O)(Cc2ccncc2Cl)CC1. The number of halogens is 1. The highest BCUT2D eigenvalue weighted by Gasteiger charge is 2.30. The number of likely N-dealkylation sites (tertiary alicyclic amines) is 1. The Hall–Kier alpha value is -0.640. The average Bonchev–Trinajstić information content (AvgIpc) is 2.54. The highest BCUT2D eigenvalue weighted by molar-refractivity contribution is 6.31. The number of nitrogens with zero attached hydrogens (tertiary/aromatic N) is 2. The van der Waals surface area contributed by atoms with Gasteiger partial charge in [0.2, 0.25) is 0 Å². The Labute approximate surface area is 114 Å². The van der Waals surface area contributed by atoms with Crippen molar-refractivity contribution in [2.24, 2.45) is 0 Å². The zero-order valence-electron chi connectivity index (χ0n) is 10.9. The monoisotopic (exact) mass is 268 g/mol. The summed E-state index contributed by atoms with van der Waals surface area (Å²) in [6.07, 6.45) is 6.73. The van der Waals surface area contributed by atoms with Crippen LogP contribution >= 0.6 is 11.6 Å². The van der Waals surface area contributed by atoms with Gasteiger partial charge in [0.05, 0.1) is 10.6 Å². The molecule has 1 unspecified atom stereocenters. The molecule has 1 aliphatic rings. The molecule has 2 heterocycles. The van der Waals surface area contributed by atoms with E-state index in [1.165, 1.54) is 0 Å². The molecular weight excluding hydrogens is 248 g/mol. The molecule has 1 N–H and O–H groups in total. The zero-order valence-corrected chi connectivity index (χ0v) is 11.7. The Bertz CT molecular complexity index is 399. The van der Waals surface area contributed by atoms with Crippen LogP contribution in [0.1, 0.15) is 31.7 Å². The summed E-state index contributed by atoms with van der Waals surface area (Å²) in [6, 6.07) is 1.91. The molecule has 0 bridgehead atoms. The Morgan fingerprint density at radius 3 is 3.00 bits per heavy atom. The van der Waals surface area contributed by atoms with E-state index in [2.05, 4.69) is 16.8 Å². The molecule has 0 spiro atoms. The lowest BCUT2D eigenvalue weighted by atomic mass is 9.88. The summed E-state index contributed by atoms with van der Waals surface area (Å²) < 4.78 is 0. The van der Waals surface area contributed by atoms with Gasteiger partial charge in [0.25, 0.3) is 0 Å². The average molecular weight is 269 g/mol. The number of pyridine rings is 1. The van der Waals surface area contributed by atoms with Crippen molar-refractivity contribution >= 4 is 11.6 Å². The molecule has 1 aliphatic heterocycles.